The van der Waals surface area contributed by atoms with E-state index in [0.29, 0.717) is 12.1 Å². The molecule has 2 aromatic carbocycles. The fraction of sp³-hybridized carbons (Fsp3) is 0.458. The molecular weight excluding hydrogens is 410 g/mol. The zero-order valence-corrected chi connectivity index (χ0v) is 18.6. The van der Waals surface area contributed by atoms with Crippen LogP contribution in [0.2, 0.25) is 0 Å². The second-order valence-electron chi connectivity index (χ2n) is 8.51. The molecule has 1 aliphatic heterocycles. The van der Waals surface area contributed by atoms with Crippen molar-refractivity contribution in [3.05, 3.63) is 65.7 Å². The Hall–Kier alpha value is -2.22. The van der Waals surface area contributed by atoms with Crippen molar-refractivity contribution in [2.24, 2.45) is 0 Å². The summed E-state index contributed by atoms with van der Waals surface area (Å²) in [5.74, 6) is -0.252. The van der Waals surface area contributed by atoms with Gasteiger partial charge >= 0.3 is 0 Å². The molecule has 1 amide bonds. The molecule has 0 bridgehead atoms. The minimum atomic E-state index is -3.63. The highest BCUT2D eigenvalue weighted by atomic mass is 32.2. The number of benzene rings is 2. The third-order valence-electron chi connectivity index (χ3n) is 6.31. The van der Waals surface area contributed by atoms with Crippen molar-refractivity contribution in [1.82, 2.24) is 14.9 Å². The standard InChI is InChI=1S/C24H31N3O3S/c28-24(25-18-23(27-15-6-7-16-27)19-9-2-1-3-10-19)20-11-8-14-22(17-20)31(29,30)26-21-12-4-5-13-21/h1-3,8-11,14,17,21,23,26H,4-7,12-13,15-16,18H2,(H,25,28). The van der Waals surface area contributed by atoms with Gasteiger partial charge in [-0.15, -0.1) is 0 Å². The molecule has 2 N–H and O–H groups in total. The van der Waals surface area contributed by atoms with Gasteiger partial charge in [-0.2, -0.15) is 0 Å². The first-order valence-corrected chi connectivity index (χ1v) is 12.7. The lowest BCUT2D eigenvalue weighted by molar-refractivity contribution is 0.0937. The number of amides is 1. The molecule has 7 heteroatoms. The summed E-state index contributed by atoms with van der Waals surface area (Å²) < 4.78 is 28.3. The number of rotatable bonds is 8. The summed E-state index contributed by atoms with van der Waals surface area (Å²) in [7, 11) is -3.63. The summed E-state index contributed by atoms with van der Waals surface area (Å²) in [4.78, 5) is 15.4. The molecule has 166 valence electrons. The third kappa shape index (κ3) is 5.53. The minimum Gasteiger partial charge on any atom is -0.350 e. The van der Waals surface area contributed by atoms with E-state index in [9.17, 15) is 13.2 Å². The van der Waals surface area contributed by atoms with Gasteiger partial charge < -0.3 is 5.32 Å². The Kier molecular flexibility index (Phi) is 7.05. The van der Waals surface area contributed by atoms with Gasteiger partial charge in [0.2, 0.25) is 10.0 Å². The first-order chi connectivity index (χ1) is 15.0. The van der Waals surface area contributed by atoms with Gasteiger partial charge in [-0.25, -0.2) is 13.1 Å². The van der Waals surface area contributed by atoms with E-state index in [1.54, 1.807) is 18.2 Å². The molecule has 2 fully saturated rings. The van der Waals surface area contributed by atoms with Crippen molar-refractivity contribution >= 4 is 15.9 Å². The first-order valence-electron chi connectivity index (χ1n) is 11.2. The highest BCUT2D eigenvalue weighted by molar-refractivity contribution is 7.89. The van der Waals surface area contributed by atoms with Gasteiger partial charge in [-0.1, -0.05) is 49.2 Å². The maximum atomic E-state index is 12.9. The summed E-state index contributed by atoms with van der Waals surface area (Å²) in [6, 6.07) is 16.6. The van der Waals surface area contributed by atoms with Gasteiger partial charge in [0.25, 0.3) is 5.91 Å². The second-order valence-corrected chi connectivity index (χ2v) is 10.2. The maximum absolute atomic E-state index is 12.9. The number of nitrogens with one attached hydrogen (secondary N) is 2. The van der Waals surface area contributed by atoms with Gasteiger partial charge in [0.15, 0.2) is 0 Å². The lowest BCUT2D eigenvalue weighted by Crippen LogP contribution is -2.37. The molecule has 1 heterocycles. The Morgan fingerprint density at radius 3 is 2.39 bits per heavy atom. The third-order valence-corrected chi connectivity index (χ3v) is 7.82. The van der Waals surface area contributed by atoms with Crippen LogP contribution in [0.25, 0.3) is 0 Å². The molecule has 0 spiro atoms. The lowest BCUT2D eigenvalue weighted by atomic mass is 10.1. The van der Waals surface area contributed by atoms with E-state index in [-0.39, 0.29) is 22.9 Å². The SMILES string of the molecule is O=C(NCC(c1ccccc1)N1CCCC1)c1cccc(S(=O)(=O)NC2CCCC2)c1. The predicted molar refractivity (Wildman–Crippen MR) is 121 cm³/mol. The molecular formula is C24H31N3O3S. The van der Waals surface area contributed by atoms with Crippen molar-refractivity contribution in [3.63, 3.8) is 0 Å². The van der Waals surface area contributed by atoms with Crippen LogP contribution in [0.1, 0.15) is 60.5 Å². The van der Waals surface area contributed by atoms with Crippen molar-refractivity contribution in [2.75, 3.05) is 19.6 Å². The summed E-state index contributed by atoms with van der Waals surface area (Å²) >= 11 is 0. The monoisotopic (exact) mass is 441 g/mol. The Balaban J connectivity index is 1.44. The average Bonchev–Trinajstić information content (AvgIpc) is 3.49. The molecule has 1 unspecified atom stereocenters. The Morgan fingerprint density at radius 2 is 1.68 bits per heavy atom. The van der Waals surface area contributed by atoms with Crippen molar-refractivity contribution in [2.45, 2.75) is 55.5 Å². The van der Waals surface area contributed by atoms with E-state index in [0.717, 1.165) is 38.8 Å². The van der Waals surface area contributed by atoms with E-state index in [2.05, 4.69) is 27.1 Å². The molecule has 2 aromatic rings. The van der Waals surface area contributed by atoms with Crippen LogP contribution in [0.15, 0.2) is 59.5 Å². The number of carbonyl (C=O) groups is 1. The molecule has 1 saturated heterocycles. The second kappa shape index (κ2) is 9.94. The van der Waals surface area contributed by atoms with Gasteiger partial charge in [0.05, 0.1) is 10.9 Å². The number of likely N-dealkylation sites (tertiary alicyclic amines) is 1. The fourth-order valence-electron chi connectivity index (χ4n) is 4.61. The van der Waals surface area contributed by atoms with Crippen LogP contribution in [-0.2, 0) is 10.0 Å². The Morgan fingerprint density at radius 1 is 0.968 bits per heavy atom. The number of carbonyl (C=O) groups excluding carboxylic acids is 1. The predicted octanol–water partition coefficient (Wildman–Crippen LogP) is 3.47. The number of hydrogen-bond acceptors (Lipinski definition) is 4. The van der Waals surface area contributed by atoms with Crippen LogP contribution in [0, 0.1) is 0 Å². The summed E-state index contributed by atoms with van der Waals surface area (Å²) in [5, 5.41) is 3.03. The first kappa shape index (κ1) is 22.0. The minimum absolute atomic E-state index is 0.00502. The van der Waals surface area contributed by atoms with Gasteiger partial charge in [0, 0.05) is 18.2 Å². The molecule has 31 heavy (non-hydrogen) atoms. The van der Waals surface area contributed by atoms with Gasteiger partial charge in [0.1, 0.15) is 0 Å². The van der Waals surface area contributed by atoms with E-state index in [4.69, 9.17) is 0 Å². The molecule has 4 rings (SSSR count). The van der Waals surface area contributed by atoms with Crippen LogP contribution >= 0.6 is 0 Å². The maximum Gasteiger partial charge on any atom is 0.251 e. The van der Waals surface area contributed by atoms with E-state index >= 15 is 0 Å². The molecule has 1 saturated carbocycles. The number of nitrogens with zero attached hydrogens (tertiary/aromatic N) is 1. The van der Waals surface area contributed by atoms with Crippen LogP contribution in [0.4, 0.5) is 0 Å². The average molecular weight is 442 g/mol. The molecule has 6 nitrogen and oxygen atoms in total. The van der Waals surface area contributed by atoms with E-state index < -0.39 is 10.0 Å². The lowest BCUT2D eigenvalue weighted by Gasteiger charge is -2.28. The number of hydrogen-bond donors (Lipinski definition) is 2. The van der Waals surface area contributed by atoms with Gasteiger partial charge in [-0.3, -0.25) is 9.69 Å². The summed E-state index contributed by atoms with van der Waals surface area (Å²) in [5.41, 5.74) is 1.55. The zero-order valence-electron chi connectivity index (χ0n) is 17.8. The molecule has 0 radical (unpaired) electrons. The highest BCUT2D eigenvalue weighted by Crippen LogP contribution is 2.25. The number of sulfonamides is 1. The Bertz CT molecular complexity index is 982. The van der Waals surface area contributed by atoms with E-state index in [1.807, 2.05) is 18.2 Å². The van der Waals surface area contributed by atoms with Crippen molar-refractivity contribution in [3.8, 4) is 0 Å². The smallest absolute Gasteiger partial charge is 0.251 e. The molecule has 1 atom stereocenters. The molecule has 0 aromatic heterocycles. The quantitative estimate of drug-likeness (QED) is 0.658. The van der Waals surface area contributed by atoms with Crippen LogP contribution in [0.3, 0.4) is 0 Å². The largest absolute Gasteiger partial charge is 0.350 e. The van der Waals surface area contributed by atoms with Crippen LogP contribution < -0.4 is 10.0 Å². The normalized spacial score (nSPS) is 18.8. The van der Waals surface area contributed by atoms with Crippen molar-refractivity contribution in [1.29, 1.82) is 0 Å². The van der Waals surface area contributed by atoms with E-state index in [1.165, 1.54) is 24.5 Å². The molecule has 2 aliphatic rings. The topological polar surface area (TPSA) is 78.5 Å². The summed E-state index contributed by atoms with van der Waals surface area (Å²) in [6.07, 6.45) is 6.19. The van der Waals surface area contributed by atoms with Gasteiger partial charge in [-0.05, 0) is 62.5 Å². The fourth-order valence-corrected chi connectivity index (χ4v) is 5.96. The molecule has 1 aliphatic carbocycles. The van der Waals surface area contributed by atoms with Crippen LogP contribution in [-0.4, -0.2) is 44.9 Å². The Labute approximate surface area is 185 Å². The van der Waals surface area contributed by atoms with Crippen LogP contribution in [0.5, 0.6) is 0 Å². The van der Waals surface area contributed by atoms with Crippen molar-refractivity contribution < 1.29 is 13.2 Å². The highest BCUT2D eigenvalue weighted by Gasteiger charge is 2.25. The summed E-state index contributed by atoms with van der Waals surface area (Å²) in [6.45, 7) is 2.53. The zero-order chi connectivity index (χ0) is 21.7.